The third-order valence-electron chi connectivity index (χ3n) is 8.44. The maximum Gasteiger partial charge on any atom is 0.254 e. The topological polar surface area (TPSA) is 47.4 Å². The van der Waals surface area contributed by atoms with Crippen LogP contribution in [0.4, 0.5) is 17.6 Å². The zero-order valence-electron chi connectivity index (χ0n) is 23.9. The highest BCUT2D eigenvalue weighted by atomic mass is 32.2. The zero-order chi connectivity index (χ0) is 30.3. The molecule has 0 bridgehead atoms. The molecule has 1 aromatic heterocycles. The summed E-state index contributed by atoms with van der Waals surface area (Å²) in [5, 5.41) is 0.510. The molecule has 1 fully saturated rings. The van der Waals surface area contributed by atoms with Gasteiger partial charge in [0.1, 0.15) is 23.3 Å². The summed E-state index contributed by atoms with van der Waals surface area (Å²) in [6, 6.07) is 13.3. The number of nitrogens with zero attached hydrogens (tertiary/aromatic N) is 3. The fourth-order valence-corrected chi connectivity index (χ4v) is 7.11. The number of thioether (sulfide) groups is 1. The number of morpholine rings is 1. The largest absolute Gasteiger partial charge is 0.378 e. The Balaban J connectivity index is 1.38. The molecule has 224 valence electrons. The Morgan fingerprint density at radius 2 is 1.67 bits per heavy atom. The molecule has 6 rings (SSSR count). The van der Waals surface area contributed by atoms with Crippen molar-refractivity contribution in [2.45, 2.75) is 49.4 Å². The number of aromatic nitrogens is 2. The van der Waals surface area contributed by atoms with E-state index >= 15 is 8.78 Å². The van der Waals surface area contributed by atoms with E-state index in [0.29, 0.717) is 49.1 Å². The number of rotatable bonds is 6. The molecule has 1 aliphatic heterocycles. The van der Waals surface area contributed by atoms with E-state index in [1.165, 1.54) is 34.9 Å². The molecule has 10 heteroatoms. The van der Waals surface area contributed by atoms with Crippen molar-refractivity contribution in [3.05, 3.63) is 112 Å². The van der Waals surface area contributed by atoms with Crippen LogP contribution in [0, 0.1) is 30.2 Å². The van der Waals surface area contributed by atoms with Crippen molar-refractivity contribution in [3.8, 4) is 5.69 Å². The van der Waals surface area contributed by atoms with Crippen molar-refractivity contribution in [1.29, 1.82) is 0 Å². The lowest BCUT2D eigenvalue weighted by molar-refractivity contribution is 0.0302. The Kier molecular flexibility index (Phi) is 8.08. The van der Waals surface area contributed by atoms with E-state index in [2.05, 4.69) is 6.92 Å². The second-order valence-corrected chi connectivity index (χ2v) is 12.2. The van der Waals surface area contributed by atoms with Crippen LogP contribution in [-0.4, -0.2) is 46.7 Å². The number of benzene rings is 3. The molecule has 5 nitrogen and oxygen atoms in total. The molecule has 1 amide bonds. The van der Waals surface area contributed by atoms with Gasteiger partial charge in [-0.3, -0.25) is 9.36 Å². The molecule has 1 saturated heterocycles. The monoisotopic (exact) mass is 609 g/mol. The van der Waals surface area contributed by atoms with Gasteiger partial charge in [-0.1, -0.05) is 23.9 Å². The maximum absolute atomic E-state index is 15.3. The number of imidazole rings is 1. The number of carbonyl (C=O) groups is 1. The molecule has 2 heterocycles. The lowest BCUT2D eigenvalue weighted by Crippen LogP contribution is -2.40. The lowest BCUT2D eigenvalue weighted by Gasteiger charge is -2.36. The minimum absolute atomic E-state index is 0.0423. The van der Waals surface area contributed by atoms with Crippen molar-refractivity contribution in [3.63, 3.8) is 0 Å². The van der Waals surface area contributed by atoms with Gasteiger partial charge in [0.05, 0.1) is 24.6 Å². The van der Waals surface area contributed by atoms with E-state index < -0.39 is 23.0 Å². The van der Waals surface area contributed by atoms with Crippen LogP contribution in [-0.2, 0) is 22.3 Å². The van der Waals surface area contributed by atoms with E-state index in [1.807, 2.05) is 10.6 Å². The number of carbonyl (C=O) groups excluding carboxylic acids is 1. The molecule has 1 atom stereocenters. The SMILES string of the molecule is Cc1cc(C2(C)CCCc3nc(SCc4c(F)cc(C(=O)N5CCOCC5)cc4F)n(-c4ccc(F)cc4)c32)ccc1F. The number of hydrogen-bond donors (Lipinski definition) is 0. The molecular weight excluding hydrogens is 578 g/mol. The van der Waals surface area contributed by atoms with Crippen LogP contribution in [0.15, 0.2) is 59.8 Å². The second kappa shape index (κ2) is 11.8. The zero-order valence-corrected chi connectivity index (χ0v) is 24.7. The Morgan fingerprint density at radius 3 is 2.35 bits per heavy atom. The molecule has 0 N–H and O–H groups in total. The molecule has 0 spiro atoms. The average molecular weight is 610 g/mol. The summed E-state index contributed by atoms with van der Waals surface area (Å²) in [5.41, 5.74) is 3.13. The van der Waals surface area contributed by atoms with Crippen molar-refractivity contribution >= 4 is 17.7 Å². The van der Waals surface area contributed by atoms with Crippen LogP contribution >= 0.6 is 11.8 Å². The molecular formula is C33H31F4N3O2S. The van der Waals surface area contributed by atoms with Crippen LogP contribution in [0.2, 0.25) is 0 Å². The maximum atomic E-state index is 15.3. The van der Waals surface area contributed by atoms with Gasteiger partial charge in [-0.15, -0.1) is 0 Å². The van der Waals surface area contributed by atoms with Gasteiger partial charge in [-0.05, 0) is 86.7 Å². The highest BCUT2D eigenvalue weighted by molar-refractivity contribution is 7.98. The van der Waals surface area contributed by atoms with Gasteiger partial charge in [-0.2, -0.15) is 0 Å². The van der Waals surface area contributed by atoms with E-state index in [1.54, 1.807) is 25.1 Å². The van der Waals surface area contributed by atoms with Gasteiger partial charge >= 0.3 is 0 Å². The first-order valence-electron chi connectivity index (χ1n) is 14.3. The molecule has 2 aliphatic rings. The molecule has 0 saturated carbocycles. The summed E-state index contributed by atoms with van der Waals surface area (Å²) in [4.78, 5) is 19.3. The molecule has 43 heavy (non-hydrogen) atoms. The quantitative estimate of drug-likeness (QED) is 0.172. The number of fused-ring (bicyclic) bond motifs is 1. The number of hydrogen-bond acceptors (Lipinski definition) is 4. The summed E-state index contributed by atoms with van der Waals surface area (Å²) in [6.07, 6.45) is 2.34. The van der Waals surface area contributed by atoms with Crippen LogP contribution in [0.25, 0.3) is 5.69 Å². The lowest BCUT2D eigenvalue weighted by atomic mass is 9.71. The first-order chi connectivity index (χ1) is 20.7. The normalized spacial score (nSPS) is 18.5. The van der Waals surface area contributed by atoms with Crippen molar-refractivity contribution in [2.75, 3.05) is 26.3 Å². The van der Waals surface area contributed by atoms with E-state index in [0.717, 1.165) is 41.9 Å². The standard InChI is InChI=1S/C33H31F4N3O2S/c1-20-16-22(5-10-26(20)35)33(2)11-3-4-29-30(33)40(24-8-6-23(34)7-9-24)32(38-29)43-19-25-27(36)17-21(18-28(25)37)31(41)39-12-14-42-15-13-39/h5-10,16-18H,3-4,11-15,19H2,1-2H3. The Morgan fingerprint density at radius 1 is 0.977 bits per heavy atom. The fraction of sp³-hybridized carbons (Fsp3) is 0.333. The average Bonchev–Trinajstić information content (AvgIpc) is 3.38. The first kappa shape index (κ1) is 29.4. The predicted octanol–water partition coefficient (Wildman–Crippen LogP) is 7.14. The number of aryl methyl sites for hydroxylation is 2. The van der Waals surface area contributed by atoms with Crippen LogP contribution in [0.5, 0.6) is 0 Å². The fourth-order valence-electron chi connectivity index (χ4n) is 6.06. The summed E-state index contributed by atoms with van der Waals surface area (Å²) in [5.74, 6) is -2.79. The summed E-state index contributed by atoms with van der Waals surface area (Å²) in [6.45, 7) is 5.33. The van der Waals surface area contributed by atoms with Gasteiger partial charge in [0.25, 0.3) is 5.91 Å². The van der Waals surface area contributed by atoms with Crippen LogP contribution < -0.4 is 0 Å². The Hall–Kier alpha value is -3.63. The summed E-state index contributed by atoms with van der Waals surface area (Å²) in [7, 11) is 0. The van der Waals surface area contributed by atoms with Gasteiger partial charge in [0.15, 0.2) is 5.16 Å². The smallest absolute Gasteiger partial charge is 0.254 e. The van der Waals surface area contributed by atoms with E-state index in [9.17, 15) is 13.6 Å². The van der Waals surface area contributed by atoms with Gasteiger partial charge in [-0.25, -0.2) is 22.5 Å². The molecule has 4 aromatic rings. The molecule has 1 aliphatic carbocycles. The minimum Gasteiger partial charge on any atom is -0.378 e. The molecule has 3 aromatic carbocycles. The summed E-state index contributed by atoms with van der Waals surface area (Å²) < 4.78 is 66.0. The second-order valence-electron chi connectivity index (χ2n) is 11.3. The minimum atomic E-state index is -0.805. The Bertz CT molecular complexity index is 1660. The van der Waals surface area contributed by atoms with Crippen LogP contribution in [0.3, 0.4) is 0 Å². The third kappa shape index (κ3) is 5.58. The predicted molar refractivity (Wildman–Crippen MR) is 157 cm³/mol. The van der Waals surface area contributed by atoms with Gasteiger partial charge < -0.3 is 9.64 Å². The van der Waals surface area contributed by atoms with Gasteiger partial charge in [0.2, 0.25) is 0 Å². The first-order valence-corrected chi connectivity index (χ1v) is 15.3. The number of halogens is 4. The third-order valence-corrected chi connectivity index (χ3v) is 9.41. The number of ether oxygens (including phenoxy) is 1. The van der Waals surface area contributed by atoms with E-state index in [-0.39, 0.29) is 28.5 Å². The molecule has 0 radical (unpaired) electrons. The molecule has 1 unspecified atom stereocenters. The Labute approximate surface area is 251 Å². The van der Waals surface area contributed by atoms with Gasteiger partial charge in [0, 0.05) is 41.1 Å². The van der Waals surface area contributed by atoms with Crippen LogP contribution in [0.1, 0.15) is 58.2 Å². The van der Waals surface area contributed by atoms with Crippen molar-refractivity contribution in [1.82, 2.24) is 14.5 Å². The highest BCUT2D eigenvalue weighted by Crippen LogP contribution is 2.46. The van der Waals surface area contributed by atoms with Crippen molar-refractivity contribution in [2.24, 2.45) is 0 Å². The van der Waals surface area contributed by atoms with E-state index in [4.69, 9.17) is 9.72 Å². The summed E-state index contributed by atoms with van der Waals surface area (Å²) >= 11 is 1.17. The van der Waals surface area contributed by atoms with Crippen molar-refractivity contribution < 1.29 is 27.1 Å². The highest BCUT2D eigenvalue weighted by Gasteiger charge is 2.40. The number of amides is 1.